The van der Waals surface area contributed by atoms with Crippen LogP contribution < -0.4 is 5.32 Å². The van der Waals surface area contributed by atoms with Crippen LogP contribution in [0.5, 0.6) is 0 Å². The van der Waals surface area contributed by atoms with Gasteiger partial charge in [-0.05, 0) is 75.2 Å². The predicted octanol–water partition coefficient (Wildman–Crippen LogP) is 6.64. The van der Waals surface area contributed by atoms with Crippen molar-refractivity contribution in [2.75, 3.05) is 5.32 Å². The largest absolute Gasteiger partial charge is 0.362 e. The smallest absolute Gasteiger partial charge is 0.252 e. The van der Waals surface area contributed by atoms with Crippen LogP contribution in [0.2, 0.25) is 15.1 Å². The van der Waals surface area contributed by atoms with E-state index in [0.29, 0.717) is 21.3 Å². The first-order chi connectivity index (χ1) is 13.0. The SMILES string of the molecule is CC1=C(C)C(Nc2ccc(F)c(Cl)c2)N(C(C)(C)c2cc(Cl)cc(Cl)c2)C1=O. The first kappa shape index (κ1) is 21.0. The molecule has 3 rings (SSSR count). The summed E-state index contributed by atoms with van der Waals surface area (Å²) in [6.45, 7) is 7.57. The minimum Gasteiger partial charge on any atom is -0.362 e. The number of carbonyl (C=O) groups excluding carboxylic acids is 1. The Morgan fingerprint density at radius 3 is 2.21 bits per heavy atom. The van der Waals surface area contributed by atoms with Crippen molar-refractivity contribution < 1.29 is 9.18 Å². The molecule has 1 aliphatic heterocycles. The van der Waals surface area contributed by atoms with Gasteiger partial charge in [0.2, 0.25) is 0 Å². The van der Waals surface area contributed by atoms with Crippen LogP contribution in [0.25, 0.3) is 0 Å². The Labute approximate surface area is 179 Å². The van der Waals surface area contributed by atoms with Crippen LogP contribution in [0, 0.1) is 5.82 Å². The van der Waals surface area contributed by atoms with Crippen LogP contribution in [-0.4, -0.2) is 17.0 Å². The van der Waals surface area contributed by atoms with Crippen molar-refractivity contribution in [3.8, 4) is 0 Å². The van der Waals surface area contributed by atoms with Gasteiger partial charge in [-0.1, -0.05) is 34.8 Å². The van der Waals surface area contributed by atoms with E-state index in [1.165, 1.54) is 12.1 Å². The highest BCUT2D eigenvalue weighted by molar-refractivity contribution is 6.34. The predicted molar refractivity (Wildman–Crippen MR) is 114 cm³/mol. The molecule has 0 radical (unpaired) electrons. The summed E-state index contributed by atoms with van der Waals surface area (Å²) in [5, 5.41) is 4.32. The number of carbonyl (C=O) groups is 1. The van der Waals surface area contributed by atoms with Crippen LogP contribution >= 0.6 is 34.8 Å². The molecule has 0 fully saturated rings. The molecule has 1 atom stereocenters. The summed E-state index contributed by atoms with van der Waals surface area (Å²) >= 11 is 18.3. The molecule has 1 amide bonds. The highest BCUT2D eigenvalue weighted by Gasteiger charge is 2.44. The summed E-state index contributed by atoms with van der Waals surface area (Å²) in [6.07, 6.45) is -0.429. The summed E-state index contributed by atoms with van der Waals surface area (Å²) in [5.74, 6) is -0.590. The van der Waals surface area contributed by atoms with E-state index in [1.54, 1.807) is 36.1 Å². The maximum Gasteiger partial charge on any atom is 0.252 e. The van der Waals surface area contributed by atoms with Crippen LogP contribution in [0.15, 0.2) is 47.5 Å². The Hall–Kier alpha value is -1.75. The van der Waals surface area contributed by atoms with Gasteiger partial charge >= 0.3 is 0 Å². The van der Waals surface area contributed by atoms with Gasteiger partial charge < -0.3 is 10.2 Å². The highest BCUT2D eigenvalue weighted by atomic mass is 35.5. The Kier molecular flexibility index (Phi) is 5.68. The van der Waals surface area contributed by atoms with Crippen molar-refractivity contribution in [3.63, 3.8) is 0 Å². The van der Waals surface area contributed by atoms with Crippen molar-refractivity contribution in [1.29, 1.82) is 0 Å². The molecule has 0 saturated carbocycles. The molecule has 0 spiro atoms. The van der Waals surface area contributed by atoms with Crippen LogP contribution in [0.3, 0.4) is 0 Å². The van der Waals surface area contributed by atoms with E-state index in [2.05, 4.69) is 5.32 Å². The zero-order valence-corrected chi connectivity index (χ0v) is 18.2. The molecular formula is C21H20Cl3FN2O. The van der Waals surface area contributed by atoms with E-state index in [9.17, 15) is 9.18 Å². The Morgan fingerprint density at radius 1 is 1.04 bits per heavy atom. The van der Waals surface area contributed by atoms with E-state index in [-0.39, 0.29) is 10.9 Å². The Balaban J connectivity index is 2.03. The first-order valence-electron chi connectivity index (χ1n) is 8.71. The normalized spacial score (nSPS) is 17.5. The topological polar surface area (TPSA) is 32.3 Å². The maximum atomic E-state index is 13.5. The maximum absolute atomic E-state index is 13.5. The number of halogens is 4. The van der Waals surface area contributed by atoms with Gasteiger partial charge in [0, 0.05) is 21.3 Å². The summed E-state index contributed by atoms with van der Waals surface area (Å²) < 4.78 is 13.5. The number of nitrogens with zero attached hydrogens (tertiary/aromatic N) is 1. The summed E-state index contributed by atoms with van der Waals surface area (Å²) in [7, 11) is 0. The number of anilines is 1. The molecule has 1 unspecified atom stereocenters. The fourth-order valence-electron chi connectivity index (χ4n) is 3.40. The van der Waals surface area contributed by atoms with Crippen LogP contribution in [0.1, 0.15) is 33.3 Å². The van der Waals surface area contributed by atoms with Gasteiger partial charge in [-0.25, -0.2) is 4.39 Å². The van der Waals surface area contributed by atoms with E-state index in [4.69, 9.17) is 34.8 Å². The standard InChI is InChI=1S/C21H20Cl3FN2O/c1-11-12(2)20(28)27(19(11)26-16-5-6-18(25)17(24)10-16)21(3,4)13-7-14(22)9-15(23)8-13/h5-10,19,26H,1-4H3. The number of amides is 1. The van der Waals surface area contributed by atoms with Gasteiger partial charge in [0.1, 0.15) is 12.0 Å². The van der Waals surface area contributed by atoms with Gasteiger partial charge in [-0.3, -0.25) is 4.79 Å². The van der Waals surface area contributed by atoms with E-state index >= 15 is 0 Å². The third-order valence-electron chi connectivity index (χ3n) is 5.19. The lowest BCUT2D eigenvalue weighted by Crippen LogP contribution is -2.51. The zero-order valence-electron chi connectivity index (χ0n) is 15.9. The summed E-state index contributed by atoms with van der Waals surface area (Å²) in [6, 6.07) is 9.64. The molecule has 28 heavy (non-hydrogen) atoms. The molecular weight excluding hydrogens is 422 g/mol. The zero-order chi connectivity index (χ0) is 20.8. The lowest BCUT2D eigenvalue weighted by atomic mass is 9.91. The summed E-state index contributed by atoms with van der Waals surface area (Å²) in [5.41, 5.74) is 2.25. The number of nitrogens with one attached hydrogen (secondary N) is 1. The van der Waals surface area contributed by atoms with Crippen molar-refractivity contribution in [2.45, 2.75) is 39.4 Å². The third kappa shape index (κ3) is 3.73. The average Bonchev–Trinajstić information content (AvgIpc) is 2.82. The fraction of sp³-hybridized carbons (Fsp3) is 0.286. The second-order valence-electron chi connectivity index (χ2n) is 7.38. The number of rotatable bonds is 4. The molecule has 0 saturated heterocycles. The molecule has 0 aliphatic carbocycles. The van der Waals surface area contributed by atoms with Crippen LogP contribution in [-0.2, 0) is 10.3 Å². The van der Waals surface area contributed by atoms with Gasteiger partial charge in [-0.15, -0.1) is 0 Å². The number of benzene rings is 2. The first-order valence-corrected chi connectivity index (χ1v) is 9.85. The van der Waals surface area contributed by atoms with E-state index in [1.807, 2.05) is 20.8 Å². The second kappa shape index (κ2) is 7.58. The average molecular weight is 442 g/mol. The van der Waals surface area contributed by atoms with Gasteiger partial charge in [-0.2, -0.15) is 0 Å². The fourth-order valence-corrected chi connectivity index (χ4v) is 4.11. The Morgan fingerprint density at radius 2 is 1.64 bits per heavy atom. The molecule has 3 nitrogen and oxygen atoms in total. The quantitative estimate of drug-likeness (QED) is 0.577. The van der Waals surface area contributed by atoms with Gasteiger partial charge in [0.25, 0.3) is 5.91 Å². The molecule has 1 N–H and O–H groups in total. The Bertz CT molecular complexity index is 967. The number of hydrogen-bond donors (Lipinski definition) is 1. The molecule has 7 heteroatoms. The van der Waals surface area contributed by atoms with Gasteiger partial charge in [0.15, 0.2) is 0 Å². The molecule has 0 bridgehead atoms. The highest BCUT2D eigenvalue weighted by Crippen LogP contribution is 2.40. The molecule has 2 aromatic rings. The van der Waals surface area contributed by atoms with Gasteiger partial charge in [0.05, 0.1) is 10.6 Å². The third-order valence-corrected chi connectivity index (χ3v) is 5.92. The van der Waals surface area contributed by atoms with Crippen LogP contribution in [0.4, 0.5) is 10.1 Å². The molecule has 148 valence electrons. The monoisotopic (exact) mass is 440 g/mol. The molecule has 1 heterocycles. The lowest BCUT2D eigenvalue weighted by molar-refractivity contribution is -0.132. The van der Waals surface area contributed by atoms with E-state index in [0.717, 1.165) is 11.1 Å². The molecule has 1 aliphatic rings. The second-order valence-corrected chi connectivity index (χ2v) is 8.66. The molecule has 2 aromatic carbocycles. The number of hydrogen-bond acceptors (Lipinski definition) is 2. The minimum atomic E-state index is -0.716. The van der Waals surface area contributed by atoms with Crippen molar-refractivity contribution >= 4 is 46.4 Å². The lowest BCUT2D eigenvalue weighted by Gasteiger charge is -2.41. The van der Waals surface area contributed by atoms with Crippen molar-refractivity contribution in [1.82, 2.24) is 4.90 Å². The molecule has 0 aromatic heterocycles. The summed E-state index contributed by atoms with van der Waals surface area (Å²) in [4.78, 5) is 14.9. The minimum absolute atomic E-state index is 0.0140. The van der Waals surface area contributed by atoms with E-state index < -0.39 is 17.5 Å². The van der Waals surface area contributed by atoms with Crippen molar-refractivity contribution in [3.05, 3.63) is 74.0 Å². The van der Waals surface area contributed by atoms with Crippen molar-refractivity contribution in [2.24, 2.45) is 0 Å².